The Morgan fingerprint density at radius 3 is 2.60 bits per heavy atom. The summed E-state index contributed by atoms with van der Waals surface area (Å²) in [6.45, 7) is 0. The molecule has 100 valence electrons. The Morgan fingerprint density at radius 2 is 1.85 bits per heavy atom. The number of fused-ring (bicyclic) bond motifs is 1. The van der Waals surface area contributed by atoms with Gasteiger partial charge in [0.1, 0.15) is 11.3 Å². The Bertz CT molecular complexity index is 738. The van der Waals surface area contributed by atoms with Crippen LogP contribution in [-0.4, -0.2) is 12.1 Å². The van der Waals surface area contributed by atoms with Crippen molar-refractivity contribution in [3.8, 4) is 5.75 Å². The zero-order valence-corrected chi connectivity index (χ0v) is 11.1. The molecule has 0 spiro atoms. The number of nitrogen functional groups attached to an aromatic ring is 1. The average molecular weight is 265 g/mol. The van der Waals surface area contributed by atoms with Crippen molar-refractivity contribution in [2.24, 2.45) is 0 Å². The third-order valence-electron chi connectivity index (χ3n) is 3.14. The van der Waals surface area contributed by atoms with Gasteiger partial charge in [-0.1, -0.05) is 12.1 Å². The molecule has 0 radical (unpaired) electrons. The van der Waals surface area contributed by atoms with E-state index < -0.39 is 0 Å². The molecule has 3 N–H and O–H groups in total. The van der Waals surface area contributed by atoms with Crippen LogP contribution >= 0.6 is 0 Å². The van der Waals surface area contributed by atoms with Gasteiger partial charge in [-0.2, -0.15) is 0 Å². The molecule has 2 aromatic carbocycles. The van der Waals surface area contributed by atoms with Gasteiger partial charge in [-0.3, -0.25) is 4.98 Å². The number of para-hydroxylation sites is 1. The molecule has 4 nitrogen and oxygen atoms in total. The van der Waals surface area contributed by atoms with Crippen molar-refractivity contribution in [1.29, 1.82) is 0 Å². The van der Waals surface area contributed by atoms with Crippen molar-refractivity contribution in [2.75, 3.05) is 18.2 Å². The predicted octanol–water partition coefficient (Wildman–Crippen LogP) is 3.57. The number of methoxy groups -OCH3 is 1. The first-order valence-electron chi connectivity index (χ1n) is 6.32. The summed E-state index contributed by atoms with van der Waals surface area (Å²) in [6, 6.07) is 15.4. The first-order chi connectivity index (χ1) is 9.78. The highest BCUT2D eigenvalue weighted by molar-refractivity contribution is 5.96. The minimum absolute atomic E-state index is 0.747. The second-order valence-corrected chi connectivity index (χ2v) is 4.46. The van der Waals surface area contributed by atoms with E-state index in [0.717, 1.165) is 33.7 Å². The van der Waals surface area contributed by atoms with Gasteiger partial charge in [-0.05, 0) is 36.4 Å². The summed E-state index contributed by atoms with van der Waals surface area (Å²) in [6.07, 6.45) is 1.77. The lowest BCUT2D eigenvalue weighted by atomic mass is 10.1. The highest BCUT2D eigenvalue weighted by atomic mass is 16.5. The predicted molar refractivity (Wildman–Crippen MR) is 82.4 cm³/mol. The molecule has 20 heavy (non-hydrogen) atoms. The molecule has 0 aliphatic heterocycles. The van der Waals surface area contributed by atoms with Crippen LogP contribution in [0.4, 0.5) is 17.1 Å². The summed E-state index contributed by atoms with van der Waals surface area (Å²) in [5.41, 5.74) is 9.25. The Morgan fingerprint density at radius 1 is 1.05 bits per heavy atom. The van der Waals surface area contributed by atoms with Crippen LogP contribution in [0.25, 0.3) is 10.9 Å². The van der Waals surface area contributed by atoms with E-state index in [0.29, 0.717) is 0 Å². The van der Waals surface area contributed by atoms with Crippen molar-refractivity contribution in [1.82, 2.24) is 4.98 Å². The summed E-state index contributed by atoms with van der Waals surface area (Å²) in [5.74, 6) is 0.767. The number of rotatable bonds is 3. The smallest absolute Gasteiger partial charge is 0.145 e. The highest BCUT2D eigenvalue weighted by Crippen LogP contribution is 2.30. The van der Waals surface area contributed by atoms with E-state index in [2.05, 4.69) is 10.3 Å². The maximum absolute atomic E-state index is 5.69. The number of anilines is 3. The molecule has 1 aromatic heterocycles. The van der Waals surface area contributed by atoms with Crippen LogP contribution in [-0.2, 0) is 0 Å². The summed E-state index contributed by atoms with van der Waals surface area (Å²) < 4.78 is 5.34. The lowest BCUT2D eigenvalue weighted by molar-refractivity contribution is 0.419. The first-order valence-corrected chi connectivity index (χ1v) is 6.32. The van der Waals surface area contributed by atoms with Crippen LogP contribution in [0.15, 0.2) is 54.7 Å². The molecular formula is C16H15N3O. The quantitative estimate of drug-likeness (QED) is 0.711. The number of nitrogens with two attached hydrogens (primary N) is 1. The fraction of sp³-hybridized carbons (Fsp3) is 0.0625. The van der Waals surface area contributed by atoms with Crippen LogP contribution in [0.5, 0.6) is 5.75 Å². The zero-order chi connectivity index (χ0) is 13.9. The van der Waals surface area contributed by atoms with Crippen LogP contribution in [0.2, 0.25) is 0 Å². The molecule has 0 bridgehead atoms. The van der Waals surface area contributed by atoms with E-state index in [1.165, 1.54) is 0 Å². The number of nitrogens with zero attached hydrogens (tertiary/aromatic N) is 1. The maximum Gasteiger partial charge on any atom is 0.145 e. The van der Waals surface area contributed by atoms with E-state index in [1.807, 2.05) is 48.5 Å². The van der Waals surface area contributed by atoms with Crippen molar-refractivity contribution in [3.05, 3.63) is 54.7 Å². The van der Waals surface area contributed by atoms with Gasteiger partial charge in [0.2, 0.25) is 0 Å². The number of hydrogen-bond donors (Lipinski definition) is 2. The average Bonchev–Trinajstić information content (AvgIpc) is 2.49. The Hall–Kier alpha value is -2.75. The maximum atomic E-state index is 5.69. The van der Waals surface area contributed by atoms with Gasteiger partial charge in [0.25, 0.3) is 0 Å². The summed E-state index contributed by atoms with van der Waals surface area (Å²) >= 11 is 0. The highest BCUT2D eigenvalue weighted by Gasteiger charge is 2.06. The number of pyridine rings is 1. The molecule has 0 aliphatic rings. The van der Waals surface area contributed by atoms with Crippen LogP contribution in [0.3, 0.4) is 0 Å². The largest absolute Gasteiger partial charge is 0.494 e. The van der Waals surface area contributed by atoms with Gasteiger partial charge in [-0.25, -0.2) is 0 Å². The molecule has 0 saturated carbocycles. The number of benzene rings is 2. The first kappa shape index (κ1) is 12.3. The fourth-order valence-electron chi connectivity index (χ4n) is 2.14. The minimum Gasteiger partial charge on any atom is -0.494 e. The van der Waals surface area contributed by atoms with Crippen molar-refractivity contribution >= 4 is 28.0 Å². The number of nitrogens with one attached hydrogen (secondary N) is 1. The molecule has 4 heteroatoms. The van der Waals surface area contributed by atoms with Gasteiger partial charge >= 0.3 is 0 Å². The molecule has 0 atom stereocenters. The number of hydrogen-bond acceptors (Lipinski definition) is 4. The molecule has 0 unspecified atom stereocenters. The van der Waals surface area contributed by atoms with Crippen LogP contribution in [0.1, 0.15) is 0 Å². The molecular weight excluding hydrogens is 250 g/mol. The standard InChI is InChI=1S/C16H15N3O/c1-20-15-4-2-3-13-14(9-10-18-16(13)15)19-12-7-5-11(17)6-8-12/h2-10H,17H2,1H3,(H,18,19). The monoisotopic (exact) mass is 265 g/mol. The summed E-state index contributed by atoms with van der Waals surface area (Å²) in [5, 5.41) is 4.39. The lowest BCUT2D eigenvalue weighted by Gasteiger charge is -2.11. The summed E-state index contributed by atoms with van der Waals surface area (Å²) in [4.78, 5) is 4.38. The molecule has 0 amide bonds. The SMILES string of the molecule is COc1cccc2c(Nc3ccc(N)cc3)ccnc12. The Labute approximate surface area is 117 Å². The van der Waals surface area contributed by atoms with Crippen LogP contribution in [0, 0.1) is 0 Å². The lowest BCUT2D eigenvalue weighted by Crippen LogP contribution is -1.94. The molecule has 0 saturated heterocycles. The fourth-order valence-corrected chi connectivity index (χ4v) is 2.14. The second-order valence-electron chi connectivity index (χ2n) is 4.46. The van der Waals surface area contributed by atoms with Gasteiger partial charge in [-0.15, -0.1) is 0 Å². The number of aromatic nitrogens is 1. The molecule has 3 rings (SSSR count). The van der Waals surface area contributed by atoms with Crippen LogP contribution < -0.4 is 15.8 Å². The topological polar surface area (TPSA) is 60.2 Å². The minimum atomic E-state index is 0.747. The van der Waals surface area contributed by atoms with E-state index >= 15 is 0 Å². The third-order valence-corrected chi connectivity index (χ3v) is 3.14. The van der Waals surface area contributed by atoms with Gasteiger partial charge in [0.05, 0.1) is 7.11 Å². The third kappa shape index (κ3) is 2.23. The van der Waals surface area contributed by atoms with E-state index in [9.17, 15) is 0 Å². The van der Waals surface area contributed by atoms with Gasteiger partial charge < -0.3 is 15.8 Å². The zero-order valence-electron chi connectivity index (χ0n) is 11.1. The molecule has 1 heterocycles. The summed E-state index contributed by atoms with van der Waals surface area (Å²) in [7, 11) is 1.65. The van der Waals surface area contributed by atoms with Crippen molar-refractivity contribution in [3.63, 3.8) is 0 Å². The van der Waals surface area contributed by atoms with Crippen molar-refractivity contribution < 1.29 is 4.74 Å². The van der Waals surface area contributed by atoms with Gasteiger partial charge in [0.15, 0.2) is 0 Å². The number of ether oxygens (including phenoxy) is 1. The molecule has 0 fully saturated rings. The Kier molecular flexibility index (Phi) is 3.13. The van der Waals surface area contributed by atoms with Crippen molar-refractivity contribution in [2.45, 2.75) is 0 Å². The van der Waals surface area contributed by atoms with E-state index in [1.54, 1.807) is 13.3 Å². The Balaban J connectivity index is 2.05. The van der Waals surface area contributed by atoms with E-state index in [-0.39, 0.29) is 0 Å². The normalized spacial score (nSPS) is 10.4. The molecule has 3 aromatic rings. The van der Waals surface area contributed by atoms with Gasteiger partial charge in [0, 0.05) is 28.6 Å². The molecule has 0 aliphatic carbocycles. The second kappa shape index (κ2) is 5.09. The van der Waals surface area contributed by atoms with E-state index in [4.69, 9.17) is 10.5 Å².